The van der Waals surface area contributed by atoms with Crippen molar-refractivity contribution in [3.8, 4) is 0 Å². The molecule has 0 atom stereocenters. The molecule has 0 saturated heterocycles. The lowest BCUT2D eigenvalue weighted by Crippen LogP contribution is -2.24. The van der Waals surface area contributed by atoms with E-state index in [1.807, 2.05) is 23.6 Å². The van der Waals surface area contributed by atoms with Gasteiger partial charge in [0.25, 0.3) is 0 Å². The summed E-state index contributed by atoms with van der Waals surface area (Å²) in [5.41, 5.74) is 3.65. The molecule has 2 heteroatoms. The summed E-state index contributed by atoms with van der Waals surface area (Å²) in [6.45, 7) is 0.0431. The minimum atomic E-state index is -0.352. The average Bonchev–Trinajstić information content (AvgIpc) is 2.68. The molecule has 0 radical (unpaired) electrons. The largest absolute Gasteiger partial charge is 0.392 e. The Bertz CT molecular complexity index is 670. The van der Waals surface area contributed by atoms with Crippen molar-refractivity contribution in [3.05, 3.63) is 119 Å². The van der Waals surface area contributed by atoms with Crippen molar-refractivity contribution in [1.82, 2.24) is 0 Å². The quantitative estimate of drug-likeness (QED) is 0.625. The number of hydrogen-bond donors (Lipinski definition) is 1. The van der Waals surface area contributed by atoms with Gasteiger partial charge in [-0.1, -0.05) is 97.1 Å². The maximum atomic E-state index is 9.17. The van der Waals surface area contributed by atoms with Crippen molar-refractivity contribution in [2.75, 3.05) is 6.61 Å². The number of aliphatic hydroxyl groups excluding tert-OH is 1. The number of benzene rings is 3. The Morgan fingerprint density at radius 1 is 0.667 bits per heavy atom. The first-order chi connectivity index (χ1) is 11.9. The summed E-state index contributed by atoms with van der Waals surface area (Å²) in [7, 11) is 0. The molecule has 0 saturated carbocycles. The molecule has 0 amide bonds. The van der Waals surface area contributed by atoms with Crippen molar-refractivity contribution in [3.63, 3.8) is 0 Å². The Morgan fingerprint density at radius 3 is 1.38 bits per heavy atom. The zero-order valence-electron chi connectivity index (χ0n) is 13.4. The highest BCUT2D eigenvalue weighted by Gasteiger charge is 2.36. The normalized spacial score (nSPS) is 11.7. The molecule has 0 heterocycles. The molecule has 0 aliphatic carbocycles. The van der Waals surface area contributed by atoms with Gasteiger partial charge in [-0.05, 0) is 22.1 Å². The standard InChI is InChI=1S/C22H20OS/c23-17-10-18-24-22(19-11-4-1-5-12-19,20-13-6-2-7-14-20)21-15-8-3-9-16-21/h1-16,18,23H,17H2. The topological polar surface area (TPSA) is 20.2 Å². The molecule has 1 N–H and O–H groups in total. The molecule has 0 spiro atoms. The molecule has 0 fully saturated rings. The summed E-state index contributed by atoms with van der Waals surface area (Å²) >= 11 is 1.71. The second-order valence-electron chi connectivity index (χ2n) is 5.45. The monoisotopic (exact) mass is 332 g/mol. The van der Waals surface area contributed by atoms with E-state index < -0.39 is 0 Å². The summed E-state index contributed by atoms with van der Waals surface area (Å²) in [6.07, 6.45) is 1.79. The summed E-state index contributed by atoms with van der Waals surface area (Å²) in [6, 6.07) is 31.6. The van der Waals surface area contributed by atoms with Gasteiger partial charge in [0.15, 0.2) is 0 Å². The average molecular weight is 332 g/mol. The van der Waals surface area contributed by atoms with E-state index in [1.54, 1.807) is 17.8 Å². The number of thioether (sulfide) groups is 1. The summed E-state index contributed by atoms with van der Waals surface area (Å²) < 4.78 is -0.352. The fourth-order valence-electron chi connectivity index (χ4n) is 2.92. The molecule has 120 valence electrons. The van der Waals surface area contributed by atoms with Crippen LogP contribution in [-0.2, 0) is 4.75 Å². The van der Waals surface area contributed by atoms with Gasteiger partial charge in [0.05, 0.1) is 11.4 Å². The molecule has 0 aromatic heterocycles. The van der Waals surface area contributed by atoms with E-state index in [0.717, 1.165) is 0 Å². The van der Waals surface area contributed by atoms with Gasteiger partial charge in [-0.2, -0.15) is 0 Å². The van der Waals surface area contributed by atoms with Crippen LogP contribution < -0.4 is 0 Å². The minimum Gasteiger partial charge on any atom is -0.392 e. The van der Waals surface area contributed by atoms with E-state index in [0.29, 0.717) is 0 Å². The van der Waals surface area contributed by atoms with Gasteiger partial charge in [-0.25, -0.2) is 0 Å². The van der Waals surface area contributed by atoms with E-state index in [-0.39, 0.29) is 11.4 Å². The number of aliphatic hydroxyl groups is 1. The van der Waals surface area contributed by atoms with Crippen LogP contribution in [0.5, 0.6) is 0 Å². The Kier molecular flexibility index (Phi) is 5.52. The Morgan fingerprint density at radius 2 is 1.04 bits per heavy atom. The molecule has 0 bridgehead atoms. The lowest BCUT2D eigenvalue weighted by Gasteiger charge is -2.34. The first kappa shape index (κ1) is 16.6. The highest BCUT2D eigenvalue weighted by molar-refractivity contribution is 8.03. The van der Waals surface area contributed by atoms with E-state index >= 15 is 0 Å². The SMILES string of the molecule is OCC=CSC(c1ccccc1)(c1ccccc1)c1ccccc1. The summed E-state index contributed by atoms with van der Waals surface area (Å²) in [4.78, 5) is 0. The first-order valence-electron chi connectivity index (χ1n) is 7.98. The maximum absolute atomic E-state index is 9.17. The molecule has 0 aliphatic heterocycles. The Hall–Kier alpha value is -2.29. The van der Waals surface area contributed by atoms with Gasteiger partial charge in [0, 0.05) is 0 Å². The molecular formula is C22H20OS. The van der Waals surface area contributed by atoms with Crippen molar-refractivity contribution in [2.24, 2.45) is 0 Å². The zero-order valence-corrected chi connectivity index (χ0v) is 14.2. The fraction of sp³-hybridized carbons (Fsp3) is 0.0909. The van der Waals surface area contributed by atoms with E-state index in [1.165, 1.54) is 16.7 Å². The van der Waals surface area contributed by atoms with Gasteiger partial charge in [0.1, 0.15) is 0 Å². The third-order valence-corrected chi connectivity index (χ3v) is 5.38. The highest BCUT2D eigenvalue weighted by atomic mass is 32.2. The van der Waals surface area contributed by atoms with Crippen LogP contribution in [0.4, 0.5) is 0 Å². The highest BCUT2D eigenvalue weighted by Crippen LogP contribution is 2.48. The van der Waals surface area contributed by atoms with Gasteiger partial charge in [0.2, 0.25) is 0 Å². The van der Waals surface area contributed by atoms with Gasteiger partial charge in [-0.15, -0.1) is 11.8 Å². The lowest BCUT2D eigenvalue weighted by molar-refractivity contribution is 0.343. The number of rotatable bonds is 6. The van der Waals surface area contributed by atoms with Crippen LogP contribution in [0.1, 0.15) is 16.7 Å². The van der Waals surface area contributed by atoms with Crippen LogP contribution in [-0.4, -0.2) is 11.7 Å². The summed E-state index contributed by atoms with van der Waals surface area (Å²) in [5.74, 6) is 0. The van der Waals surface area contributed by atoms with Crippen molar-refractivity contribution < 1.29 is 5.11 Å². The Balaban J connectivity index is 2.26. The van der Waals surface area contributed by atoms with Crippen LogP contribution in [0.3, 0.4) is 0 Å². The van der Waals surface area contributed by atoms with Crippen LogP contribution >= 0.6 is 11.8 Å². The molecule has 3 aromatic rings. The third-order valence-electron chi connectivity index (χ3n) is 3.99. The fourth-order valence-corrected chi connectivity index (χ4v) is 4.12. The summed E-state index contributed by atoms with van der Waals surface area (Å²) in [5, 5.41) is 11.2. The molecular weight excluding hydrogens is 312 g/mol. The van der Waals surface area contributed by atoms with Crippen LogP contribution in [0.15, 0.2) is 102 Å². The van der Waals surface area contributed by atoms with Crippen molar-refractivity contribution in [1.29, 1.82) is 0 Å². The van der Waals surface area contributed by atoms with Crippen molar-refractivity contribution >= 4 is 11.8 Å². The molecule has 1 nitrogen and oxygen atoms in total. The predicted octanol–water partition coefficient (Wildman–Crippen LogP) is 5.22. The lowest BCUT2D eigenvalue weighted by atomic mass is 9.84. The predicted molar refractivity (Wildman–Crippen MR) is 103 cm³/mol. The molecule has 24 heavy (non-hydrogen) atoms. The molecule has 0 unspecified atom stereocenters. The maximum Gasteiger partial charge on any atom is 0.0948 e. The van der Waals surface area contributed by atoms with E-state index in [9.17, 15) is 5.11 Å². The second-order valence-corrected chi connectivity index (χ2v) is 6.57. The van der Waals surface area contributed by atoms with E-state index in [4.69, 9.17) is 0 Å². The van der Waals surface area contributed by atoms with Gasteiger partial charge < -0.3 is 5.11 Å². The number of hydrogen-bond acceptors (Lipinski definition) is 2. The van der Waals surface area contributed by atoms with E-state index in [2.05, 4.69) is 72.8 Å². The molecule has 0 aliphatic rings. The van der Waals surface area contributed by atoms with Gasteiger partial charge in [-0.3, -0.25) is 0 Å². The van der Waals surface area contributed by atoms with Crippen LogP contribution in [0.2, 0.25) is 0 Å². The third kappa shape index (κ3) is 3.30. The first-order valence-corrected chi connectivity index (χ1v) is 8.86. The molecule has 3 aromatic carbocycles. The zero-order chi connectivity index (χ0) is 16.7. The smallest absolute Gasteiger partial charge is 0.0948 e. The minimum absolute atomic E-state index is 0.0431. The van der Waals surface area contributed by atoms with Crippen LogP contribution in [0, 0.1) is 0 Å². The second kappa shape index (κ2) is 8.00. The van der Waals surface area contributed by atoms with Gasteiger partial charge >= 0.3 is 0 Å². The molecule has 3 rings (SSSR count). The van der Waals surface area contributed by atoms with Crippen molar-refractivity contribution in [2.45, 2.75) is 4.75 Å². The van der Waals surface area contributed by atoms with Crippen LogP contribution in [0.25, 0.3) is 0 Å². The Labute approximate surface area is 147 Å².